The fourth-order valence-electron chi connectivity index (χ4n) is 3.43. The fourth-order valence-corrected chi connectivity index (χ4v) is 3.60. The van der Waals surface area contributed by atoms with Crippen molar-refractivity contribution in [2.75, 3.05) is 20.6 Å². The Morgan fingerprint density at radius 2 is 1.96 bits per heavy atom. The summed E-state index contributed by atoms with van der Waals surface area (Å²) in [7, 11) is 4.10. The van der Waals surface area contributed by atoms with Crippen molar-refractivity contribution in [1.82, 2.24) is 4.90 Å². The van der Waals surface area contributed by atoms with Crippen molar-refractivity contribution in [2.45, 2.75) is 24.9 Å². The van der Waals surface area contributed by atoms with Gasteiger partial charge >= 0.3 is 0 Å². The second kappa shape index (κ2) is 8.10. The third-order valence-electron chi connectivity index (χ3n) is 4.61. The maximum Gasteiger partial charge on any atom is 0.125 e. The minimum absolute atomic E-state index is 0. The number of benzene rings is 2. The van der Waals surface area contributed by atoms with Gasteiger partial charge in [-0.25, -0.2) is 0 Å². The zero-order valence-electron chi connectivity index (χ0n) is 14.5. The van der Waals surface area contributed by atoms with Gasteiger partial charge in [-0.05, 0) is 62.8 Å². The first kappa shape index (κ1) is 19.6. The Kier molecular flexibility index (Phi) is 6.35. The molecule has 1 unspecified atom stereocenters. The average molecular weight is 377 g/mol. The number of nitriles is 1. The second-order valence-corrected chi connectivity index (χ2v) is 6.95. The summed E-state index contributed by atoms with van der Waals surface area (Å²) in [5, 5.41) is 10.9. The summed E-state index contributed by atoms with van der Waals surface area (Å²) >= 11 is 6.25. The Morgan fingerprint density at radius 3 is 2.68 bits per heavy atom. The van der Waals surface area contributed by atoms with Crippen LogP contribution in [0.2, 0.25) is 5.02 Å². The lowest BCUT2D eigenvalue weighted by Crippen LogP contribution is -2.28. The fraction of sp³-hybridized carbons (Fsp3) is 0.350. The highest BCUT2D eigenvalue weighted by Crippen LogP contribution is 2.45. The minimum atomic E-state index is -0.733. The summed E-state index contributed by atoms with van der Waals surface area (Å²) in [6.45, 7) is 1.41. The molecule has 0 fully saturated rings. The van der Waals surface area contributed by atoms with Crippen molar-refractivity contribution >= 4 is 24.0 Å². The highest BCUT2D eigenvalue weighted by atomic mass is 35.5. The molecule has 25 heavy (non-hydrogen) atoms. The van der Waals surface area contributed by atoms with Crippen LogP contribution in [-0.2, 0) is 12.0 Å². The molecule has 0 spiro atoms. The lowest BCUT2D eigenvalue weighted by atomic mass is 9.71. The van der Waals surface area contributed by atoms with Crippen LogP contribution >= 0.6 is 24.0 Å². The number of nitrogens with zero attached hydrogens (tertiary/aromatic N) is 2. The van der Waals surface area contributed by atoms with E-state index in [1.54, 1.807) is 0 Å². The maximum atomic E-state index is 10.3. The molecular weight excluding hydrogens is 355 g/mol. The molecule has 3 rings (SSSR count). The third-order valence-corrected chi connectivity index (χ3v) is 4.84. The summed E-state index contributed by atoms with van der Waals surface area (Å²) in [5.74, 6) is 0.752. The number of ether oxygens (including phenoxy) is 1. The average Bonchev–Trinajstić information content (AvgIpc) is 2.70. The molecule has 0 saturated carbocycles. The predicted molar refractivity (Wildman–Crippen MR) is 104 cm³/mol. The standard InChI is InChI=1S/C20H21ClN2O.ClH/c1-23(2)11-5-10-20(14-22)17-7-4-3-6-15(17)13-24-19-9-8-16(21)12-18(19)20;/h3-4,6-9,12H,5,10-11,13H2,1-2H3;1H. The molecule has 2 aromatic rings. The molecule has 1 atom stereocenters. The Hall–Kier alpha value is -1.73. The van der Waals surface area contributed by atoms with E-state index in [1.165, 1.54) is 0 Å². The molecule has 1 heterocycles. The van der Waals surface area contributed by atoms with E-state index in [0.717, 1.165) is 41.8 Å². The topological polar surface area (TPSA) is 36.3 Å². The molecule has 0 saturated heterocycles. The van der Waals surface area contributed by atoms with Crippen molar-refractivity contribution in [2.24, 2.45) is 0 Å². The van der Waals surface area contributed by atoms with Crippen LogP contribution in [-0.4, -0.2) is 25.5 Å². The quantitative estimate of drug-likeness (QED) is 0.768. The Bertz CT molecular complexity index is 786. The van der Waals surface area contributed by atoms with Crippen molar-refractivity contribution in [3.05, 3.63) is 64.2 Å². The summed E-state index contributed by atoms with van der Waals surface area (Å²) < 4.78 is 5.99. The van der Waals surface area contributed by atoms with E-state index >= 15 is 0 Å². The molecule has 0 N–H and O–H groups in total. The molecule has 1 aliphatic heterocycles. The van der Waals surface area contributed by atoms with E-state index in [4.69, 9.17) is 16.3 Å². The lowest BCUT2D eigenvalue weighted by molar-refractivity contribution is 0.306. The summed E-state index contributed by atoms with van der Waals surface area (Å²) in [6, 6.07) is 16.3. The van der Waals surface area contributed by atoms with E-state index in [9.17, 15) is 5.26 Å². The van der Waals surface area contributed by atoms with Gasteiger partial charge in [0.2, 0.25) is 0 Å². The smallest absolute Gasteiger partial charge is 0.125 e. The van der Waals surface area contributed by atoms with Gasteiger partial charge in [-0.1, -0.05) is 35.9 Å². The summed E-state index contributed by atoms with van der Waals surface area (Å²) in [5.41, 5.74) is 2.24. The molecule has 1 aliphatic rings. The Morgan fingerprint density at radius 1 is 1.20 bits per heavy atom. The maximum absolute atomic E-state index is 10.3. The van der Waals surface area contributed by atoms with E-state index in [1.807, 2.05) is 56.6 Å². The van der Waals surface area contributed by atoms with Gasteiger partial charge in [0.05, 0.1) is 6.07 Å². The summed E-state index contributed by atoms with van der Waals surface area (Å²) in [4.78, 5) is 2.14. The van der Waals surface area contributed by atoms with Crippen LogP contribution in [0.4, 0.5) is 0 Å². The van der Waals surface area contributed by atoms with Crippen molar-refractivity contribution in [3.8, 4) is 11.8 Å². The SMILES string of the molecule is CN(C)CCCC1(C#N)c2ccccc2COc2ccc(Cl)cc21.Cl. The van der Waals surface area contributed by atoms with Gasteiger partial charge < -0.3 is 9.64 Å². The van der Waals surface area contributed by atoms with Crippen molar-refractivity contribution in [1.29, 1.82) is 5.26 Å². The van der Waals surface area contributed by atoms with Gasteiger partial charge in [0.25, 0.3) is 0 Å². The van der Waals surface area contributed by atoms with Crippen molar-refractivity contribution < 1.29 is 4.74 Å². The number of rotatable bonds is 4. The van der Waals surface area contributed by atoms with E-state index in [2.05, 4.69) is 11.0 Å². The molecular formula is C20H22Cl2N2O. The van der Waals surface area contributed by atoms with Crippen LogP contribution in [0, 0.1) is 11.3 Å². The minimum Gasteiger partial charge on any atom is -0.489 e. The van der Waals surface area contributed by atoms with Gasteiger partial charge in [-0.3, -0.25) is 0 Å². The molecule has 3 nitrogen and oxygen atoms in total. The molecule has 0 aromatic heterocycles. The first-order chi connectivity index (χ1) is 11.6. The monoisotopic (exact) mass is 376 g/mol. The zero-order chi connectivity index (χ0) is 17.2. The van der Waals surface area contributed by atoms with E-state index < -0.39 is 5.41 Å². The molecule has 0 amide bonds. The van der Waals surface area contributed by atoms with Crippen molar-refractivity contribution in [3.63, 3.8) is 0 Å². The first-order valence-electron chi connectivity index (χ1n) is 8.14. The number of fused-ring (bicyclic) bond motifs is 2. The highest BCUT2D eigenvalue weighted by molar-refractivity contribution is 6.30. The van der Waals surface area contributed by atoms with Gasteiger partial charge in [0, 0.05) is 10.6 Å². The summed E-state index contributed by atoms with van der Waals surface area (Å²) in [6.07, 6.45) is 1.65. The molecule has 0 bridgehead atoms. The van der Waals surface area contributed by atoms with Gasteiger partial charge in [0.15, 0.2) is 0 Å². The van der Waals surface area contributed by atoms with Crippen LogP contribution < -0.4 is 4.74 Å². The molecule has 5 heteroatoms. The molecule has 132 valence electrons. The predicted octanol–water partition coefficient (Wildman–Crippen LogP) is 4.81. The highest BCUT2D eigenvalue weighted by Gasteiger charge is 2.40. The number of hydrogen-bond donors (Lipinski definition) is 0. The van der Waals surface area contributed by atoms with Gasteiger partial charge in [-0.15, -0.1) is 12.4 Å². The largest absolute Gasteiger partial charge is 0.489 e. The van der Waals surface area contributed by atoms with E-state index in [-0.39, 0.29) is 12.4 Å². The van der Waals surface area contributed by atoms with Gasteiger partial charge in [0.1, 0.15) is 17.8 Å². The van der Waals surface area contributed by atoms with Gasteiger partial charge in [-0.2, -0.15) is 5.26 Å². The number of hydrogen-bond acceptors (Lipinski definition) is 3. The number of halogens is 2. The second-order valence-electron chi connectivity index (χ2n) is 6.51. The van der Waals surface area contributed by atoms with Crippen LogP contribution in [0.3, 0.4) is 0 Å². The van der Waals surface area contributed by atoms with Crippen LogP contribution in [0.1, 0.15) is 29.5 Å². The Labute approximate surface area is 160 Å². The molecule has 0 radical (unpaired) electrons. The lowest BCUT2D eigenvalue weighted by Gasteiger charge is -2.29. The zero-order valence-corrected chi connectivity index (χ0v) is 16.0. The van der Waals surface area contributed by atoms with Crippen LogP contribution in [0.15, 0.2) is 42.5 Å². The first-order valence-corrected chi connectivity index (χ1v) is 8.52. The van der Waals surface area contributed by atoms with E-state index in [0.29, 0.717) is 11.6 Å². The Balaban J connectivity index is 0.00000225. The van der Waals surface area contributed by atoms with Crippen LogP contribution in [0.5, 0.6) is 5.75 Å². The third kappa shape index (κ3) is 3.77. The molecule has 2 aromatic carbocycles. The normalized spacial score (nSPS) is 18.2. The molecule has 0 aliphatic carbocycles. The van der Waals surface area contributed by atoms with Crippen LogP contribution in [0.25, 0.3) is 0 Å².